The van der Waals surface area contributed by atoms with Gasteiger partial charge >= 0.3 is 0 Å². The number of nitrogens with two attached hydrogens (primary N) is 1. The minimum absolute atomic E-state index is 0.0557. The SMILES string of the molecule is CCc1cccc(OCc2cc(C(N)=O)ccc2F)c1. The van der Waals surface area contributed by atoms with E-state index in [9.17, 15) is 9.18 Å². The molecule has 2 N–H and O–H groups in total. The van der Waals surface area contributed by atoms with Crippen LogP contribution in [0.1, 0.15) is 28.4 Å². The van der Waals surface area contributed by atoms with Crippen molar-refractivity contribution in [2.45, 2.75) is 20.0 Å². The lowest BCUT2D eigenvalue weighted by molar-refractivity contribution is 0.1000. The average Bonchev–Trinajstić information content (AvgIpc) is 2.46. The first-order valence-electron chi connectivity index (χ1n) is 6.40. The average molecular weight is 273 g/mol. The number of rotatable bonds is 5. The van der Waals surface area contributed by atoms with Gasteiger partial charge in [0.1, 0.15) is 18.2 Å². The molecule has 1 amide bonds. The van der Waals surface area contributed by atoms with Gasteiger partial charge in [0.25, 0.3) is 0 Å². The fraction of sp³-hybridized carbons (Fsp3) is 0.188. The zero-order chi connectivity index (χ0) is 14.5. The number of benzene rings is 2. The van der Waals surface area contributed by atoms with E-state index >= 15 is 0 Å². The summed E-state index contributed by atoms with van der Waals surface area (Å²) in [4.78, 5) is 11.1. The second-order valence-corrected chi connectivity index (χ2v) is 4.46. The number of amides is 1. The standard InChI is InChI=1S/C16H16FNO2/c1-2-11-4-3-5-14(8-11)20-10-13-9-12(16(18)19)6-7-15(13)17/h3-9H,2,10H2,1H3,(H2,18,19). The van der Waals surface area contributed by atoms with E-state index < -0.39 is 11.7 Å². The summed E-state index contributed by atoms with van der Waals surface area (Å²) < 4.78 is 19.2. The lowest BCUT2D eigenvalue weighted by Gasteiger charge is -2.09. The number of primary amides is 1. The molecule has 0 bridgehead atoms. The number of hydrogen-bond donors (Lipinski definition) is 1. The van der Waals surface area contributed by atoms with Crippen LogP contribution < -0.4 is 10.5 Å². The molecule has 104 valence electrons. The number of carbonyl (C=O) groups excluding carboxylic acids is 1. The van der Waals surface area contributed by atoms with Crippen molar-refractivity contribution in [1.29, 1.82) is 0 Å². The molecule has 0 fully saturated rings. The Hall–Kier alpha value is -2.36. The summed E-state index contributed by atoms with van der Waals surface area (Å²) in [5.41, 5.74) is 6.90. The van der Waals surface area contributed by atoms with Gasteiger partial charge in [-0.05, 0) is 42.3 Å². The van der Waals surface area contributed by atoms with Gasteiger partial charge in [-0.2, -0.15) is 0 Å². The molecule has 0 aliphatic rings. The van der Waals surface area contributed by atoms with Crippen LogP contribution in [0.4, 0.5) is 4.39 Å². The van der Waals surface area contributed by atoms with Crippen LogP contribution >= 0.6 is 0 Å². The molecule has 2 rings (SSSR count). The van der Waals surface area contributed by atoms with E-state index in [2.05, 4.69) is 6.92 Å². The smallest absolute Gasteiger partial charge is 0.248 e. The Bertz CT molecular complexity index is 626. The van der Waals surface area contributed by atoms with Crippen LogP contribution in [0.2, 0.25) is 0 Å². The summed E-state index contributed by atoms with van der Waals surface area (Å²) >= 11 is 0. The normalized spacial score (nSPS) is 10.3. The molecule has 2 aromatic carbocycles. The van der Waals surface area contributed by atoms with Crippen molar-refractivity contribution in [3.63, 3.8) is 0 Å². The van der Waals surface area contributed by atoms with Crippen LogP contribution in [-0.2, 0) is 13.0 Å². The van der Waals surface area contributed by atoms with Crippen LogP contribution in [0.5, 0.6) is 5.75 Å². The predicted octanol–water partition coefficient (Wildman–Crippen LogP) is 3.07. The van der Waals surface area contributed by atoms with E-state index in [1.165, 1.54) is 18.2 Å². The molecule has 0 saturated heterocycles. The Morgan fingerprint density at radius 1 is 1.25 bits per heavy atom. The second kappa shape index (κ2) is 6.19. The number of ether oxygens (including phenoxy) is 1. The third kappa shape index (κ3) is 3.35. The van der Waals surface area contributed by atoms with Crippen LogP contribution in [-0.4, -0.2) is 5.91 Å². The number of carbonyl (C=O) groups is 1. The quantitative estimate of drug-likeness (QED) is 0.910. The minimum Gasteiger partial charge on any atom is -0.489 e. The maximum Gasteiger partial charge on any atom is 0.248 e. The van der Waals surface area contributed by atoms with Crippen LogP contribution in [0.3, 0.4) is 0 Å². The van der Waals surface area contributed by atoms with Crippen LogP contribution in [0.25, 0.3) is 0 Å². The van der Waals surface area contributed by atoms with Gasteiger partial charge in [0.15, 0.2) is 0 Å². The van der Waals surface area contributed by atoms with E-state index in [4.69, 9.17) is 10.5 Å². The minimum atomic E-state index is -0.584. The summed E-state index contributed by atoms with van der Waals surface area (Å²) in [6.45, 7) is 2.11. The van der Waals surface area contributed by atoms with Crippen molar-refractivity contribution in [2.24, 2.45) is 5.73 Å². The fourth-order valence-electron chi connectivity index (χ4n) is 1.85. The zero-order valence-corrected chi connectivity index (χ0v) is 11.2. The first-order chi connectivity index (χ1) is 9.60. The van der Waals surface area contributed by atoms with Gasteiger partial charge in [0.2, 0.25) is 5.91 Å². The highest BCUT2D eigenvalue weighted by atomic mass is 19.1. The van der Waals surface area contributed by atoms with Gasteiger partial charge < -0.3 is 10.5 Å². The Balaban J connectivity index is 2.13. The summed E-state index contributed by atoms with van der Waals surface area (Å²) in [5, 5.41) is 0. The molecule has 0 aliphatic heterocycles. The van der Waals surface area contributed by atoms with Gasteiger partial charge in [0, 0.05) is 11.1 Å². The van der Waals surface area contributed by atoms with Crippen molar-refractivity contribution in [3.8, 4) is 5.75 Å². The van der Waals surface area contributed by atoms with Crippen molar-refractivity contribution in [3.05, 3.63) is 65.0 Å². The number of aryl methyl sites for hydroxylation is 1. The van der Waals surface area contributed by atoms with Crippen LogP contribution in [0, 0.1) is 5.82 Å². The van der Waals surface area contributed by atoms with E-state index in [-0.39, 0.29) is 12.2 Å². The molecule has 2 aromatic rings. The topological polar surface area (TPSA) is 52.3 Å². The fourth-order valence-corrected chi connectivity index (χ4v) is 1.85. The van der Waals surface area contributed by atoms with E-state index in [0.717, 1.165) is 12.0 Å². The Morgan fingerprint density at radius 3 is 2.75 bits per heavy atom. The first kappa shape index (κ1) is 14.1. The molecule has 4 heteroatoms. The molecule has 0 aromatic heterocycles. The number of halogens is 1. The molecular formula is C16H16FNO2. The molecule has 3 nitrogen and oxygen atoms in total. The van der Waals surface area contributed by atoms with Crippen molar-refractivity contribution < 1.29 is 13.9 Å². The van der Waals surface area contributed by atoms with Crippen molar-refractivity contribution >= 4 is 5.91 Å². The third-order valence-corrected chi connectivity index (χ3v) is 3.03. The maximum absolute atomic E-state index is 13.6. The van der Waals surface area contributed by atoms with Gasteiger partial charge in [-0.15, -0.1) is 0 Å². The monoisotopic (exact) mass is 273 g/mol. The van der Waals surface area contributed by atoms with Gasteiger partial charge in [-0.3, -0.25) is 4.79 Å². The molecule has 0 atom stereocenters. The Labute approximate surface area is 117 Å². The van der Waals surface area contributed by atoms with Gasteiger partial charge in [-0.25, -0.2) is 4.39 Å². The maximum atomic E-state index is 13.6. The van der Waals surface area contributed by atoms with Crippen molar-refractivity contribution in [1.82, 2.24) is 0 Å². The molecule has 0 unspecified atom stereocenters. The molecule has 0 spiro atoms. The van der Waals surface area contributed by atoms with Gasteiger partial charge in [-0.1, -0.05) is 19.1 Å². The zero-order valence-electron chi connectivity index (χ0n) is 11.2. The lowest BCUT2D eigenvalue weighted by atomic mass is 10.1. The third-order valence-electron chi connectivity index (χ3n) is 3.03. The Morgan fingerprint density at radius 2 is 2.05 bits per heavy atom. The highest BCUT2D eigenvalue weighted by Crippen LogP contribution is 2.17. The van der Waals surface area contributed by atoms with E-state index in [1.54, 1.807) is 0 Å². The molecule has 0 heterocycles. The largest absolute Gasteiger partial charge is 0.489 e. The summed E-state index contributed by atoms with van der Waals surface area (Å²) in [7, 11) is 0. The van der Waals surface area contributed by atoms with E-state index in [0.29, 0.717) is 11.3 Å². The molecule has 0 saturated carbocycles. The molecule has 20 heavy (non-hydrogen) atoms. The molecule has 0 aliphatic carbocycles. The number of hydrogen-bond acceptors (Lipinski definition) is 2. The summed E-state index contributed by atoms with van der Waals surface area (Å²) in [5.74, 6) is -0.325. The second-order valence-electron chi connectivity index (χ2n) is 4.46. The highest BCUT2D eigenvalue weighted by molar-refractivity contribution is 5.92. The van der Waals surface area contributed by atoms with Crippen LogP contribution in [0.15, 0.2) is 42.5 Å². The van der Waals surface area contributed by atoms with Crippen molar-refractivity contribution in [2.75, 3.05) is 0 Å². The molecular weight excluding hydrogens is 257 g/mol. The predicted molar refractivity (Wildman–Crippen MR) is 75.1 cm³/mol. The Kier molecular flexibility index (Phi) is 4.35. The summed E-state index contributed by atoms with van der Waals surface area (Å²) in [6, 6.07) is 11.6. The lowest BCUT2D eigenvalue weighted by Crippen LogP contribution is -2.12. The van der Waals surface area contributed by atoms with Gasteiger partial charge in [0.05, 0.1) is 0 Å². The molecule has 0 radical (unpaired) electrons. The summed E-state index contributed by atoms with van der Waals surface area (Å²) in [6.07, 6.45) is 0.905. The van der Waals surface area contributed by atoms with E-state index in [1.807, 2.05) is 24.3 Å². The first-order valence-corrected chi connectivity index (χ1v) is 6.40. The highest BCUT2D eigenvalue weighted by Gasteiger charge is 2.08.